The smallest absolute Gasteiger partial charge is 0.237 e. The first kappa shape index (κ1) is 16.3. The van der Waals surface area contributed by atoms with Crippen molar-refractivity contribution in [2.45, 2.75) is 16.2 Å². The molecule has 23 heavy (non-hydrogen) atoms. The molecule has 2 aromatic rings. The number of amides is 1. The highest BCUT2D eigenvalue weighted by Gasteiger charge is 2.21. The Bertz CT molecular complexity index is 673. The molecular weight excluding hydrogens is 326 g/mol. The predicted molar refractivity (Wildman–Crippen MR) is 97.9 cm³/mol. The van der Waals surface area contributed by atoms with Gasteiger partial charge in [0.1, 0.15) is 5.75 Å². The second-order valence-electron chi connectivity index (χ2n) is 5.18. The molecule has 0 unspecified atom stereocenters. The van der Waals surface area contributed by atoms with E-state index < -0.39 is 0 Å². The monoisotopic (exact) mass is 345 g/mol. The highest BCUT2D eigenvalue weighted by Crippen LogP contribution is 2.34. The van der Waals surface area contributed by atoms with Gasteiger partial charge in [0, 0.05) is 16.3 Å². The second-order valence-corrected chi connectivity index (χ2v) is 7.36. The number of fused-ring (bicyclic) bond motifs is 1. The molecule has 0 fully saturated rings. The first-order valence-electron chi connectivity index (χ1n) is 7.57. The van der Waals surface area contributed by atoms with E-state index in [4.69, 9.17) is 4.74 Å². The number of nitrogens with zero attached hydrogens (tertiary/aromatic N) is 1. The van der Waals surface area contributed by atoms with Crippen LogP contribution in [0.5, 0.6) is 5.75 Å². The summed E-state index contributed by atoms with van der Waals surface area (Å²) in [4.78, 5) is 16.9. The van der Waals surface area contributed by atoms with Crippen LogP contribution < -0.4 is 9.64 Å². The van der Waals surface area contributed by atoms with Crippen molar-refractivity contribution in [3.05, 3.63) is 48.5 Å². The molecule has 0 aromatic heterocycles. The minimum absolute atomic E-state index is 0.167. The van der Waals surface area contributed by atoms with Crippen molar-refractivity contribution in [3.8, 4) is 5.75 Å². The number of methoxy groups -OCH3 is 1. The summed E-state index contributed by atoms with van der Waals surface area (Å²) in [5.41, 5.74) is 1.05. The molecule has 5 heteroatoms. The zero-order chi connectivity index (χ0) is 16.1. The Morgan fingerprint density at radius 1 is 1.22 bits per heavy atom. The number of hydrogen-bond acceptors (Lipinski definition) is 4. The van der Waals surface area contributed by atoms with Crippen molar-refractivity contribution in [3.63, 3.8) is 0 Å². The summed E-state index contributed by atoms with van der Waals surface area (Å²) < 4.78 is 5.16. The van der Waals surface area contributed by atoms with E-state index in [1.165, 1.54) is 4.90 Å². The first-order valence-corrected chi connectivity index (χ1v) is 9.54. The summed E-state index contributed by atoms with van der Waals surface area (Å²) in [7, 11) is 1.65. The van der Waals surface area contributed by atoms with Crippen LogP contribution in [0.4, 0.5) is 5.69 Å². The number of carbonyl (C=O) groups is 1. The maximum Gasteiger partial charge on any atom is 0.237 e. The highest BCUT2D eigenvalue weighted by atomic mass is 32.2. The van der Waals surface area contributed by atoms with Crippen LogP contribution in [0.15, 0.2) is 58.3 Å². The van der Waals surface area contributed by atoms with Crippen molar-refractivity contribution >= 4 is 35.1 Å². The van der Waals surface area contributed by atoms with Crippen molar-refractivity contribution in [2.75, 3.05) is 30.1 Å². The molecular formula is C18H19NO2S2. The van der Waals surface area contributed by atoms with E-state index in [0.29, 0.717) is 5.75 Å². The molecule has 0 bridgehead atoms. The summed E-state index contributed by atoms with van der Waals surface area (Å²) in [5, 5.41) is 0. The molecule has 0 N–H and O–H groups in total. The number of benzene rings is 2. The van der Waals surface area contributed by atoms with Gasteiger partial charge in [0.2, 0.25) is 5.91 Å². The lowest BCUT2D eigenvalue weighted by Crippen LogP contribution is -2.33. The maximum absolute atomic E-state index is 12.7. The summed E-state index contributed by atoms with van der Waals surface area (Å²) in [5.74, 6) is 2.51. The Labute approximate surface area is 145 Å². The normalized spacial score (nSPS) is 14.0. The van der Waals surface area contributed by atoms with Gasteiger partial charge in [-0.15, -0.1) is 23.5 Å². The Balaban J connectivity index is 1.67. The van der Waals surface area contributed by atoms with E-state index in [1.54, 1.807) is 18.9 Å². The quantitative estimate of drug-likeness (QED) is 0.772. The molecule has 1 amide bonds. The van der Waals surface area contributed by atoms with Gasteiger partial charge < -0.3 is 9.64 Å². The number of thioether (sulfide) groups is 2. The van der Waals surface area contributed by atoms with Crippen molar-refractivity contribution in [2.24, 2.45) is 0 Å². The predicted octanol–water partition coefficient (Wildman–Crippen LogP) is 4.32. The van der Waals surface area contributed by atoms with Gasteiger partial charge in [-0.1, -0.05) is 12.1 Å². The van der Waals surface area contributed by atoms with Crippen molar-refractivity contribution < 1.29 is 9.53 Å². The molecule has 0 aliphatic carbocycles. The lowest BCUT2D eigenvalue weighted by molar-refractivity contribution is -0.116. The fraction of sp³-hybridized carbons (Fsp3) is 0.278. The van der Waals surface area contributed by atoms with Gasteiger partial charge in [0.05, 0.1) is 18.6 Å². The molecule has 120 valence electrons. The molecule has 0 atom stereocenters. The summed E-state index contributed by atoms with van der Waals surface area (Å²) >= 11 is 3.40. The van der Waals surface area contributed by atoms with Crippen molar-refractivity contribution in [1.82, 2.24) is 0 Å². The summed E-state index contributed by atoms with van der Waals surface area (Å²) in [6, 6.07) is 16.0. The number of rotatable bonds is 4. The molecule has 3 nitrogen and oxygen atoms in total. The van der Waals surface area contributed by atoms with E-state index in [-0.39, 0.29) is 5.91 Å². The SMILES string of the molecule is COc1ccc(SCC(=O)N2CCCSc3ccccc32)cc1. The van der Waals surface area contributed by atoms with Gasteiger partial charge in [0.15, 0.2) is 0 Å². The molecule has 1 aliphatic rings. The molecule has 1 heterocycles. The number of anilines is 1. The molecule has 0 spiro atoms. The summed E-state index contributed by atoms with van der Waals surface area (Å²) in [6.45, 7) is 0.798. The third kappa shape index (κ3) is 4.03. The van der Waals surface area contributed by atoms with E-state index in [0.717, 1.165) is 35.1 Å². The van der Waals surface area contributed by atoms with E-state index in [1.807, 2.05) is 59.1 Å². The average molecular weight is 345 g/mol. The van der Waals surface area contributed by atoms with E-state index in [9.17, 15) is 4.79 Å². The first-order chi connectivity index (χ1) is 11.3. The number of ether oxygens (including phenoxy) is 1. The number of hydrogen-bond donors (Lipinski definition) is 0. The third-order valence-electron chi connectivity index (χ3n) is 3.66. The molecule has 1 aliphatic heterocycles. The Morgan fingerprint density at radius 2 is 2.00 bits per heavy atom. The average Bonchev–Trinajstić information content (AvgIpc) is 2.82. The standard InChI is InChI=1S/C18H19NO2S2/c1-21-14-7-9-15(10-8-14)23-13-18(20)19-11-4-12-22-17-6-3-2-5-16(17)19/h2-3,5-10H,4,11-13H2,1H3. The molecule has 2 aromatic carbocycles. The Kier molecular flexibility index (Phi) is 5.51. The van der Waals surface area contributed by atoms with Crippen LogP contribution in [-0.2, 0) is 4.79 Å². The third-order valence-corrected chi connectivity index (χ3v) is 5.81. The van der Waals surface area contributed by atoms with Crippen LogP contribution in [0.25, 0.3) is 0 Å². The van der Waals surface area contributed by atoms with Crippen molar-refractivity contribution in [1.29, 1.82) is 0 Å². The van der Waals surface area contributed by atoms with Crippen LogP contribution in [0.1, 0.15) is 6.42 Å². The minimum Gasteiger partial charge on any atom is -0.497 e. The fourth-order valence-electron chi connectivity index (χ4n) is 2.48. The van der Waals surface area contributed by atoms with Gasteiger partial charge in [-0.25, -0.2) is 0 Å². The van der Waals surface area contributed by atoms with Crippen LogP contribution in [-0.4, -0.2) is 31.1 Å². The van der Waals surface area contributed by atoms with Gasteiger partial charge in [-0.3, -0.25) is 4.79 Å². The minimum atomic E-state index is 0.167. The topological polar surface area (TPSA) is 29.5 Å². The van der Waals surface area contributed by atoms with E-state index in [2.05, 4.69) is 6.07 Å². The number of para-hydroxylation sites is 1. The Hall–Kier alpha value is -1.59. The second kappa shape index (κ2) is 7.79. The largest absolute Gasteiger partial charge is 0.497 e. The molecule has 0 saturated carbocycles. The van der Waals surface area contributed by atoms with Crippen LogP contribution in [0.3, 0.4) is 0 Å². The van der Waals surface area contributed by atoms with Gasteiger partial charge in [-0.05, 0) is 48.6 Å². The maximum atomic E-state index is 12.7. The Morgan fingerprint density at radius 3 is 2.78 bits per heavy atom. The van der Waals surface area contributed by atoms with Crippen LogP contribution in [0, 0.1) is 0 Å². The highest BCUT2D eigenvalue weighted by molar-refractivity contribution is 8.00. The van der Waals surface area contributed by atoms with E-state index >= 15 is 0 Å². The van der Waals surface area contributed by atoms with Crippen LogP contribution >= 0.6 is 23.5 Å². The van der Waals surface area contributed by atoms with Gasteiger partial charge >= 0.3 is 0 Å². The molecule has 0 radical (unpaired) electrons. The lowest BCUT2D eigenvalue weighted by atomic mass is 10.2. The fourth-order valence-corrected chi connectivity index (χ4v) is 4.25. The zero-order valence-electron chi connectivity index (χ0n) is 13.0. The van der Waals surface area contributed by atoms with Gasteiger partial charge in [-0.2, -0.15) is 0 Å². The summed E-state index contributed by atoms with van der Waals surface area (Å²) in [6.07, 6.45) is 1.03. The van der Waals surface area contributed by atoms with Crippen LogP contribution in [0.2, 0.25) is 0 Å². The number of carbonyl (C=O) groups excluding carboxylic acids is 1. The molecule has 0 saturated heterocycles. The zero-order valence-corrected chi connectivity index (χ0v) is 14.7. The van der Waals surface area contributed by atoms with Gasteiger partial charge in [0.25, 0.3) is 0 Å². The lowest BCUT2D eigenvalue weighted by Gasteiger charge is -2.22. The molecule has 3 rings (SSSR count).